The SMILES string of the molecule is COC(=O)c1ccccc1CSc1n[nH]c(=O)n1C. The summed E-state index contributed by atoms with van der Waals surface area (Å²) in [7, 11) is 2.99. The second kappa shape index (κ2) is 5.75. The minimum atomic E-state index is -0.368. The molecule has 0 aliphatic carbocycles. The van der Waals surface area contributed by atoms with E-state index in [9.17, 15) is 9.59 Å². The maximum absolute atomic E-state index is 11.6. The molecule has 2 rings (SSSR count). The Hall–Kier alpha value is -2.02. The van der Waals surface area contributed by atoms with Crippen molar-refractivity contribution in [2.45, 2.75) is 10.9 Å². The molecule has 1 heterocycles. The Morgan fingerprint density at radius 1 is 1.47 bits per heavy atom. The van der Waals surface area contributed by atoms with Crippen LogP contribution in [-0.4, -0.2) is 27.8 Å². The minimum absolute atomic E-state index is 0.260. The van der Waals surface area contributed by atoms with E-state index in [1.165, 1.54) is 23.4 Å². The summed E-state index contributed by atoms with van der Waals surface area (Å²) in [5.74, 6) is 0.163. The van der Waals surface area contributed by atoms with E-state index in [2.05, 4.69) is 10.2 Å². The molecule has 0 radical (unpaired) electrons. The topological polar surface area (TPSA) is 77.0 Å². The summed E-state index contributed by atoms with van der Waals surface area (Å²) < 4.78 is 6.15. The average Bonchev–Trinajstić information content (AvgIpc) is 2.76. The molecule has 0 bridgehead atoms. The van der Waals surface area contributed by atoms with Gasteiger partial charge in [0.15, 0.2) is 5.16 Å². The first kappa shape index (κ1) is 13.4. The van der Waals surface area contributed by atoms with Crippen LogP contribution in [0.4, 0.5) is 0 Å². The predicted octanol–water partition coefficient (Wildman–Crippen LogP) is 1.19. The number of hydrogen-bond donors (Lipinski definition) is 1. The highest BCUT2D eigenvalue weighted by atomic mass is 32.2. The fourth-order valence-electron chi connectivity index (χ4n) is 1.56. The van der Waals surface area contributed by atoms with Gasteiger partial charge in [0, 0.05) is 12.8 Å². The number of esters is 1. The third-order valence-electron chi connectivity index (χ3n) is 2.62. The van der Waals surface area contributed by atoms with Crippen molar-refractivity contribution in [3.8, 4) is 0 Å². The summed E-state index contributed by atoms with van der Waals surface area (Å²) in [6.07, 6.45) is 0. The summed E-state index contributed by atoms with van der Waals surface area (Å²) in [4.78, 5) is 22.8. The molecule has 0 saturated heterocycles. The van der Waals surface area contributed by atoms with Gasteiger partial charge < -0.3 is 4.74 Å². The van der Waals surface area contributed by atoms with Crippen LogP contribution < -0.4 is 5.69 Å². The third-order valence-corrected chi connectivity index (χ3v) is 3.70. The van der Waals surface area contributed by atoms with Crippen LogP contribution in [0, 0.1) is 0 Å². The molecule has 1 aromatic heterocycles. The lowest BCUT2D eigenvalue weighted by molar-refractivity contribution is 0.0600. The number of hydrogen-bond acceptors (Lipinski definition) is 5. The summed E-state index contributed by atoms with van der Waals surface area (Å²) in [5.41, 5.74) is 1.11. The Labute approximate surface area is 113 Å². The van der Waals surface area contributed by atoms with Gasteiger partial charge in [-0.25, -0.2) is 14.7 Å². The molecule has 0 unspecified atom stereocenters. The fourth-order valence-corrected chi connectivity index (χ4v) is 2.48. The summed E-state index contributed by atoms with van der Waals surface area (Å²) >= 11 is 1.38. The lowest BCUT2D eigenvalue weighted by Gasteiger charge is -2.06. The van der Waals surface area contributed by atoms with E-state index >= 15 is 0 Å². The van der Waals surface area contributed by atoms with Gasteiger partial charge >= 0.3 is 11.7 Å². The number of ether oxygens (including phenoxy) is 1. The molecule has 1 N–H and O–H groups in total. The van der Waals surface area contributed by atoms with E-state index in [1.54, 1.807) is 19.2 Å². The van der Waals surface area contributed by atoms with Crippen LogP contribution in [0.2, 0.25) is 0 Å². The maximum Gasteiger partial charge on any atom is 0.343 e. The molecular weight excluding hydrogens is 266 g/mol. The summed E-state index contributed by atoms with van der Waals surface area (Å²) in [6.45, 7) is 0. The highest BCUT2D eigenvalue weighted by molar-refractivity contribution is 7.98. The molecule has 0 fully saturated rings. The normalized spacial score (nSPS) is 10.4. The molecule has 2 aromatic rings. The number of nitrogens with zero attached hydrogens (tertiary/aromatic N) is 2. The standard InChI is InChI=1S/C12H13N3O3S/c1-15-11(17)13-14-12(15)19-7-8-5-3-4-6-9(8)10(16)18-2/h3-6H,7H2,1-2H3,(H,13,17). The number of methoxy groups -OCH3 is 1. The molecule has 0 aliphatic heterocycles. The van der Waals surface area contributed by atoms with Crippen molar-refractivity contribution >= 4 is 17.7 Å². The van der Waals surface area contributed by atoms with E-state index in [0.717, 1.165) is 5.56 Å². The van der Waals surface area contributed by atoms with Gasteiger partial charge in [-0.3, -0.25) is 4.57 Å². The average molecular weight is 279 g/mol. The molecule has 19 heavy (non-hydrogen) atoms. The number of carbonyl (C=O) groups excluding carboxylic acids is 1. The van der Waals surface area contributed by atoms with Gasteiger partial charge in [-0.1, -0.05) is 30.0 Å². The Kier molecular flexibility index (Phi) is 4.06. The zero-order valence-electron chi connectivity index (χ0n) is 10.5. The van der Waals surface area contributed by atoms with Crippen molar-refractivity contribution in [2.75, 3.05) is 7.11 Å². The molecule has 6 nitrogen and oxygen atoms in total. The number of thioether (sulfide) groups is 1. The number of benzene rings is 1. The zero-order chi connectivity index (χ0) is 13.8. The lowest BCUT2D eigenvalue weighted by Crippen LogP contribution is -2.13. The van der Waals surface area contributed by atoms with Crippen LogP contribution in [0.3, 0.4) is 0 Å². The van der Waals surface area contributed by atoms with Crippen LogP contribution >= 0.6 is 11.8 Å². The monoisotopic (exact) mass is 279 g/mol. The van der Waals surface area contributed by atoms with Crippen molar-refractivity contribution in [1.29, 1.82) is 0 Å². The Morgan fingerprint density at radius 2 is 2.21 bits per heavy atom. The number of H-pyrrole nitrogens is 1. The van der Waals surface area contributed by atoms with Crippen molar-refractivity contribution < 1.29 is 9.53 Å². The largest absolute Gasteiger partial charge is 0.465 e. The van der Waals surface area contributed by atoms with Crippen LogP contribution in [0.5, 0.6) is 0 Å². The summed E-state index contributed by atoms with van der Waals surface area (Å²) in [6, 6.07) is 7.20. The fraction of sp³-hybridized carbons (Fsp3) is 0.250. The first-order chi connectivity index (χ1) is 9.13. The number of aromatic amines is 1. The van der Waals surface area contributed by atoms with Gasteiger partial charge in [0.2, 0.25) is 0 Å². The second-order valence-electron chi connectivity index (χ2n) is 3.81. The Bertz CT molecular complexity index is 648. The Morgan fingerprint density at radius 3 is 2.84 bits per heavy atom. The molecule has 0 saturated carbocycles. The van der Waals surface area contributed by atoms with Crippen LogP contribution in [0.25, 0.3) is 0 Å². The van der Waals surface area contributed by atoms with Crippen LogP contribution in [-0.2, 0) is 17.5 Å². The molecule has 0 atom stereocenters. The van der Waals surface area contributed by atoms with Gasteiger partial charge in [-0.05, 0) is 11.6 Å². The first-order valence-electron chi connectivity index (χ1n) is 5.54. The molecule has 100 valence electrons. The van der Waals surface area contributed by atoms with E-state index in [4.69, 9.17) is 4.74 Å². The van der Waals surface area contributed by atoms with Gasteiger partial charge in [0.25, 0.3) is 0 Å². The number of rotatable bonds is 4. The van der Waals surface area contributed by atoms with Crippen molar-refractivity contribution in [3.63, 3.8) is 0 Å². The second-order valence-corrected chi connectivity index (χ2v) is 4.75. The van der Waals surface area contributed by atoms with Gasteiger partial charge in [-0.2, -0.15) is 0 Å². The van der Waals surface area contributed by atoms with Gasteiger partial charge in [0.1, 0.15) is 0 Å². The van der Waals surface area contributed by atoms with E-state index in [-0.39, 0.29) is 11.7 Å². The van der Waals surface area contributed by atoms with Crippen molar-refractivity contribution in [3.05, 3.63) is 45.9 Å². The van der Waals surface area contributed by atoms with E-state index < -0.39 is 0 Å². The van der Waals surface area contributed by atoms with Gasteiger partial charge in [-0.15, -0.1) is 5.10 Å². The van der Waals surface area contributed by atoms with Crippen molar-refractivity contribution in [2.24, 2.45) is 7.05 Å². The Balaban J connectivity index is 2.18. The molecule has 0 aliphatic rings. The highest BCUT2D eigenvalue weighted by Crippen LogP contribution is 2.21. The number of carbonyl (C=O) groups is 1. The highest BCUT2D eigenvalue weighted by Gasteiger charge is 2.12. The molecule has 0 spiro atoms. The van der Waals surface area contributed by atoms with E-state index in [0.29, 0.717) is 16.5 Å². The lowest BCUT2D eigenvalue weighted by atomic mass is 10.1. The number of aromatic nitrogens is 3. The smallest absolute Gasteiger partial charge is 0.343 e. The third kappa shape index (κ3) is 2.87. The molecule has 0 amide bonds. The van der Waals surface area contributed by atoms with Crippen LogP contribution in [0.1, 0.15) is 15.9 Å². The van der Waals surface area contributed by atoms with Crippen molar-refractivity contribution in [1.82, 2.24) is 14.8 Å². The quantitative estimate of drug-likeness (QED) is 0.672. The number of nitrogens with one attached hydrogen (secondary N) is 1. The molecule has 1 aromatic carbocycles. The van der Waals surface area contributed by atoms with Gasteiger partial charge in [0.05, 0.1) is 12.7 Å². The maximum atomic E-state index is 11.6. The molecular formula is C12H13N3O3S. The first-order valence-corrected chi connectivity index (χ1v) is 6.52. The predicted molar refractivity (Wildman–Crippen MR) is 71.2 cm³/mol. The zero-order valence-corrected chi connectivity index (χ0v) is 11.4. The summed E-state index contributed by atoms with van der Waals surface area (Å²) in [5, 5.41) is 6.84. The minimum Gasteiger partial charge on any atom is -0.465 e. The van der Waals surface area contributed by atoms with E-state index in [1.807, 2.05) is 12.1 Å². The van der Waals surface area contributed by atoms with Crippen LogP contribution in [0.15, 0.2) is 34.2 Å². The molecule has 7 heteroatoms.